The highest BCUT2D eigenvalue weighted by atomic mass is 16.5. The number of benzene rings is 1. The van der Waals surface area contributed by atoms with E-state index in [0.717, 1.165) is 17.8 Å². The van der Waals surface area contributed by atoms with Crippen LogP contribution in [0, 0.1) is 0 Å². The van der Waals surface area contributed by atoms with E-state index in [0.29, 0.717) is 24.5 Å². The molecule has 20 heavy (non-hydrogen) atoms. The summed E-state index contributed by atoms with van der Waals surface area (Å²) in [6, 6.07) is 5.69. The van der Waals surface area contributed by atoms with Gasteiger partial charge in [0.2, 0.25) is 0 Å². The molecule has 0 spiro atoms. The summed E-state index contributed by atoms with van der Waals surface area (Å²) in [5.74, 6) is 2.08. The van der Waals surface area contributed by atoms with E-state index < -0.39 is 0 Å². The standard InChI is InChI=1S/C14H19N3O3/c1-4-7-17-13(15-16-14(17)18)9-10-5-6-11(19-2)12(8-10)20-3/h5-6,8H,4,7,9H2,1-3H3,(H,16,18). The van der Waals surface area contributed by atoms with Gasteiger partial charge < -0.3 is 9.47 Å². The van der Waals surface area contributed by atoms with Crippen LogP contribution < -0.4 is 15.2 Å². The van der Waals surface area contributed by atoms with Crippen LogP contribution in [0.2, 0.25) is 0 Å². The van der Waals surface area contributed by atoms with Crippen LogP contribution >= 0.6 is 0 Å². The second kappa shape index (κ2) is 6.27. The fourth-order valence-corrected chi connectivity index (χ4v) is 2.11. The van der Waals surface area contributed by atoms with E-state index >= 15 is 0 Å². The van der Waals surface area contributed by atoms with Crippen molar-refractivity contribution in [2.45, 2.75) is 26.3 Å². The molecule has 0 aliphatic heterocycles. The number of aromatic amines is 1. The third kappa shape index (κ3) is 2.84. The molecule has 0 saturated heterocycles. The zero-order valence-corrected chi connectivity index (χ0v) is 12.0. The molecule has 2 rings (SSSR count). The minimum atomic E-state index is -0.165. The predicted octanol–water partition coefficient (Wildman–Crippen LogP) is 1.59. The average Bonchev–Trinajstić information content (AvgIpc) is 2.80. The Morgan fingerprint density at radius 1 is 1.25 bits per heavy atom. The first-order valence-electron chi connectivity index (χ1n) is 6.54. The third-order valence-electron chi connectivity index (χ3n) is 3.09. The summed E-state index contributed by atoms with van der Waals surface area (Å²) < 4.78 is 12.1. The first-order valence-corrected chi connectivity index (χ1v) is 6.54. The number of aromatic nitrogens is 3. The lowest BCUT2D eigenvalue weighted by Gasteiger charge is -2.09. The number of rotatable bonds is 6. The second-order valence-electron chi connectivity index (χ2n) is 4.46. The molecule has 108 valence electrons. The van der Waals surface area contributed by atoms with E-state index in [1.54, 1.807) is 18.8 Å². The third-order valence-corrected chi connectivity index (χ3v) is 3.09. The van der Waals surface area contributed by atoms with Crippen LogP contribution in [-0.4, -0.2) is 29.0 Å². The van der Waals surface area contributed by atoms with Crippen molar-refractivity contribution in [3.63, 3.8) is 0 Å². The zero-order valence-electron chi connectivity index (χ0n) is 12.0. The van der Waals surface area contributed by atoms with Gasteiger partial charge in [0.1, 0.15) is 5.82 Å². The van der Waals surface area contributed by atoms with Crippen molar-refractivity contribution < 1.29 is 9.47 Å². The molecule has 0 bridgehead atoms. The largest absolute Gasteiger partial charge is 0.493 e. The molecule has 0 fully saturated rings. The molecule has 1 N–H and O–H groups in total. The van der Waals surface area contributed by atoms with E-state index in [4.69, 9.17) is 9.47 Å². The van der Waals surface area contributed by atoms with Crippen LogP contribution in [0.5, 0.6) is 11.5 Å². The van der Waals surface area contributed by atoms with Crippen molar-refractivity contribution >= 4 is 0 Å². The SMILES string of the molecule is CCCn1c(Cc2ccc(OC)c(OC)c2)n[nH]c1=O. The number of hydrogen-bond donors (Lipinski definition) is 1. The summed E-state index contributed by atoms with van der Waals surface area (Å²) in [5, 5.41) is 6.58. The van der Waals surface area contributed by atoms with Gasteiger partial charge in [0.25, 0.3) is 0 Å². The molecule has 6 nitrogen and oxygen atoms in total. The molecule has 0 atom stereocenters. The van der Waals surface area contributed by atoms with E-state index in [2.05, 4.69) is 10.2 Å². The van der Waals surface area contributed by atoms with Crippen LogP contribution in [0.4, 0.5) is 0 Å². The Balaban J connectivity index is 2.28. The molecule has 0 saturated carbocycles. The van der Waals surface area contributed by atoms with Crippen LogP contribution in [0.15, 0.2) is 23.0 Å². The second-order valence-corrected chi connectivity index (χ2v) is 4.46. The van der Waals surface area contributed by atoms with Crippen molar-refractivity contribution in [1.29, 1.82) is 0 Å². The predicted molar refractivity (Wildman–Crippen MR) is 75.5 cm³/mol. The van der Waals surface area contributed by atoms with Gasteiger partial charge in [0.05, 0.1) is 14.2 Å². The minimum Gasteiger partial charge on any atom is -0.493 e. The maximum absolute atomic E-state index is 11.6. The molecule has 0 aliphatic carbocycles. The molecular weight excluding hydrogens is 258 g/mol. The summed E-state index contributed by atoms with van der Waals surface area (Å²) in [5.41, 5.74) is 0.848. The van der Waals surface area contributed by atoms with Crippen molar-refractivity contribution in [3.8, 4) is 11.5 Å². The average molecular weight is 277 g/mol. The van der Waals surface area contributed by atoms with Gasteiger partial charge in [0.15, 0.2) is 11.5 Å². The Labute approximate surface area is 117 Å². The first kappa shape index (κ1) is 14.2. The van der Waals surface area contributed by atoms with Crippen molar-refractivity contribution in [2.24, 2.45) is 0 Å². The zero-order chi connectivity index (χ0) is 14.5. The number of nitrogens with zero attached hydrogens (tertiary/aromatic N) is 2. The smallest absolute Gasteiger partial charge is 0.343 e. The number of methoxy groups -OCH3 is 2. The highest BCUT2D eigenvalue weighted by Gasteiger charge is 2.10. The molecular formula is C14H19N3O3. The van der Waals surface area contributed by atoms with Gasteiger partial charge in [-0.25, -0.2) is 9.89 Å². The Bertz CT molecular complexity index is 631. The molecule has 0 unspecified atom stereocenters. The van der Waals surface area contributed by atoms with Crippen molar-refractivity contribution in [2.75, 3.05) is 14.2 Å². The van der Waals surface area contributed by atoms with Gasteiger partial charge >= 0.3 is 5.69 Å². The van der Waals surface area contributed by atoms with Crippen LogP contribution in [0.25, 0.3) is 0 Å². The normalized spacial score (nSPS) is 10.6. The number of hydrogen-bond acceptors (Lipinski definition) is 4. The van der Waals surface area contributed by atoms with Gasteiger partial charge in [0, 0.05) is 13.0 Å². The van der Waals surface area contributed by atoms with Crippen molar-refractivity contribution in [1.82, 2.24) is 14.8 Å². The fraction of sp³-hybridized carbons (Fsp3) is 0.429. The highest BCUT2D eigenvalue weighted by molar-refractivity contribution is 5.43. The number of nitrogens with one attached hydrogen (secondary N) is 1. The molecule has 0 amide bonds. The van der Waals surface area contributed by atoms with Gasteiger partial charge in [-0.15, -0.1) is 0 Å². The first-order chi connectivity index (χ1) is 9.69. The maximum atomic E-state index is 11.6. The van der Waals surface area contributed by atoms with Crippen LogP contribution in [0.1, 0.15) is 24.7 Å². The van der Waals surface area contributed by atoms with Crippen LogP contribution in [0.3, 0.4) is 0 Å². The molecule has 6 heteroatoms. The lowest BCUT2D eigenvalue weighted by Crippen LogP contribution is -2.18. The van der Waals surface area contributed by atoms with Gasteiger partial charge in [-0.05, 0) is 24.1 Å². The van der Waals surface area contributed by atoms with E-state index in [-0.39, 0.29) is 5.69 Å². The highest BCUT2D eigenvalue weighted by Crippen LogP contribution is 2.28. The van der Waals surface area contributed by atoms with E-state index in [9.17, 15) is 4.79 Å². The lowest BCUT2D eigenvalue weighted by atomic mass is 10.1. The summed E-state index contributed by atoms with van der Waals surface area (Å²) in [7, 11) is 3.20. The Kier molecular flexibility index (Phi) is 4.45. The molecule has 0 radical (unpaired) electrons. The van der Waals surface area contributed by atoms with Crippen molar-refractivity contribution in [3.05, 3.63) is 40.1 Å². The van der Waals surface area contributed by atoms with E-state index in [1.807, 2.05) is 25.1 Å². The fourth-order valence-electron chi connectivity index (χ4n) is 2.11. The minimum absolute atomic E-state index is 0.165. The molecule has 0 aliphatic rings. The Morgan fingerprint density at radius 3 is 2.65 bits per heavy atom. The summed E-state index contributed by atoms with van der Waals surface area (Å²) in [6.07, 6.45) is 1.46. The number of H-pyrrole nitrogens is 1. The quantitative estimate of drug-likeness (QED) is 0.870. The van der Waals surface area contributed by atoms with E-state index in [1.165, 1.54) is 0 Å². The Hall–Kier alpha value is -2.24. The molecule has 1 aromatic carbocycles. The monoisotopic (exact) mass is 277 g/mol. The summed E-state index contributed by atoms with van der Waals surface area (Å²) in [4.78, 5) is 11.6. The lowest BCUT2D eigenvalue weighted by molar-refractivity contribution is 0.354. The van der Waals surface area contributed by atoms with Gasteiger partial charge in [-0.2, -0.15) is 5.10 Å². The molecule has 1 aromatic heterocycles. The molecule has 2 aromatic rings. The van der Waals surface area contributed by atoms with Gasteiger partial charge in [-0.3, -0.25) is 4.57 Å². The molecule has 1 heterocycles. The topological polar surface area (TPSA) is 69.1 Å². The number of ether oxygens (including phenoxy) is 2. The van der Waals surface area contributed by atoms with Crippen LogP contribution in [-0.2, 0) is 13.0 Å². The Morgan fingerprint density at radius 2 is 2.00 bits per heavy atom. The summed E-state index contributed by atoms with van der Waals surface area (Å²) >= 11 is 0. The van der Waals surface area contributed by atoms with Gasteiger partial charge in [-0.1, -0.05) is 13.0 Å². The maximum Gasteiger partial charge on any atom is 0.343 e. The summed E-state index contributed by atoms with van der Waals surface area (Å²) in [6.45, 7) is 2.69.